The first-order valence-electron chi connectivity index (χ1n) is 7.72. The van der Waals surface area contributed by atoms with Crippen LogP contribution in [-0.4, -0.2) is 27.9 Å². The molecule has 134 valence electrons. The third-order valence-corrected chi connectivity index (χ3v) is 4.30. The van der Waals surface area contributed by atoms with E-state index in [9.17, 15) is 4.39 Å². The normalized spacial score (nSPS) is 12.5. The monoisotopic (exact) mass is 386 g/mol. The van der Waals surface area contributed by atoms with Crippen molar-refractivity contribution in [3.63, 3.8) is 0 Å². The Morgan fingerprint density at radius 1 is 1.44 bits per heavy atom. The van der Waals surface area contributed by atoms with Crippen LogP contribution in [0.15, 0.2) is 22.8 Å². The van der Waals surface area contributed by atoms with Crippen LogP contribution in [0, 0.1) is 0 Å². The molecule has 0 aliphatic rings. The van der Waals surface area contributed by atoms with E-state index in [2.05, 4.69) is 15.4 Å². The Labute approximate surface area is 153 Å². The maximum absolute atomic E-state index is 13.3. The third kappa shape index (κ3) is 3.67. The zero-order chi connectivity index (χ0) is 18.0. The Morgan fingerprint density at radius 3 is 2.88 bits per heavy atom. The fraction of sp³-hybridized carbons (Fsp3) is 0.375. The molecule has 0 amide bonds. The van der Waals surface area contributed by atoms with Gasteiger partial charge in [0.25, 0.3) is 0 Å². The van der Waals surface area contributed by atoms with Gasteiger partial charge in [-0.05, 0) is 43.5 Å². The summed E-state index contributed by atoms with van der Waals surface area (Å²) in [5.74, 6) is 1.69. The quantitative estimate of drug-likeness (QED) is 0.645. The molecule has 0 saturated heterocycles. The molecule has 0 saturated carbocycles. The van der Waals surface area contributed by atoms with Gasteiger partial charge >= 0.3 is 0 Å². The fourth-order valence-electron chi connectivity index (χ4n) is 2.60. The van der Waals surface area contributed by atoms with Gasteiger partial charge in [-0.15, -0.1) is 5.10 Å². The Kier molecular flexibility index (Phi) is 5.34. The molecule has 0 radical (unpaired) electrons. The fourth-order valence-corrected chi connectivity index (χ4v) is 3.06. The Balaban J connectivity index is 2.05. The molecule has 0 aromatic carbocycles. The second-order valence-corrected chi connectivity index (χ2v) is 6.24. The van der Waals surface area contributed by atoms with Crippen molar-refractivity contribution in [3.8, 4) is 5.75 Å². The van der Waals surface area contributed by atoms with E-state index in [-0.39, 0.29) is 5.28 Å². The summed E-state index contributed by atoms with van der Waals surface area (Å²) >= 11 is 12.5. The van der Waals surface area contributed by atoms with Crippen molar-refractivity contribution < 1.29 is 13.5 Å². The van der Waals surface area contributed by atoms with Crippen LogP contribution in [0.1, 0.15) is 24.7 Å². The highest BCUT2D eigenvalue weighted by Crippen LogP contribution is 2.38. The second-order valence-electron chi connectivity index (χ2n) is 5.54. The van der Waals surface area contributed by atoms with E-state index < -0.39 is 6.17 Å². The first-order valence-corrected chi connectivity index (χ1v) is 8.47. The van der Waals surface area contributed by atoms with Gasteiger partial charge in [-0.25, -0.2) is 8.91 Å². The van der Waals surface area contributed by atoms with Gasteiger partial charge in [-0.2, -0.15) is 4.98 Å². The van der Waals surface area contributed by atoms with Crippen LogP contribution in [0.2, 0.25) is 10.4 Å². The summed E-state index contributed by atoms with van der Waals surface area (Å²) in [4.78, 5) is 4.23. The van der Waals surface area contributed by atoms with Crippen molar-refractivity contribution in [2.75, 3.05) is 12.4 Å². The molecule has 1 atom stereocenters. The maximum Gasteiger partial charge on any atom is 0.243 e. The summed E-state index contributed by atoms with van der Waals surface area (Å²) in [6, 6.07) is 3.63. The molecule has 9 heteroatoms. The predicted molar refractivity (Wildman–Crippen MR) is 94.5 cm³/mol. The van der Waals surface area contributed by atoms with Crippen LogP contribution < -0.4 is 10.1 Å². The predicted octanol–water partition coefficient (Wildman–Crippen LogP) is 4.54. The van der Waals surface area contributed by atoms with Crippen LogP contribution in [0.4, 0.5) is 10.2 Å². The van der Waals surface area contributed by atoms with Crippen LogP contribution in [0.25, 0.3) is 5.52 Å². The summed E-state index contributed by atoms with van der Waals surface area (Å²) < 4.78 is 25.5. The van der Waals surface area contributed by atoms with Gasteiger partial charge in [0.05, 0.1) is 26.1 Å². The lowest BCUT2D eigenvalue weighted by Gasteiger charge is -2.08. The highest BCUT2D eigenvalue weighted by atomic mass is 35.5. The van der Waals surface area contributed by atoms with Crippen molar-refractivity contribution in [3.05, 3.63) is 40.2 Å². The smallest absolute Gasteiger partial charge is 0.243 e. The Bertz CT molecular complexity index is 865. The number of halogens is 3. The summed E-state index contributed by atoms with van der Waals surface area (Å²) in [7, 11) is 1.53. The SMILES string of the molecule is COc1c(CCC(C)F)c(Cl)n2nc(Cl)nc(NCc3ccco3)c12. The number of rotatable bonds is 7. The average molecular weight is 387 g/mol. The molecular formula is C16H17Cl2FN4O2. The molecule has 1 N–H and O–H groups in total. The maximum atomic E-state index is 13.3. The Hall–Kier alpha value is -1.99. The molecule has 0 bridgehead atoms. The Morgan fingerprint density at radius 2 is 2.24 bits per heavy atom. The molecule has 6 nitrogen and oxygen atoms in total. The largest absolute Gasteiger partial charge is 0.494 e. The number of methoxy groups -OCH3 is 1. The highest BCUT2D eigenvalue weighted by molar-refractivity contribution is 6.31. The van der Waals surface area contributed by atoms with E-state index >= 15 is 0 Å². The van der Waals surface area contributed by atoms with Crippen molar-refractivity contribution in [2.45, 2.75) is 32.5 Å². The van der Waals surface area contributed by atoms with Crippen molar-refractivity contribution in [1.29, 1.82) is 0 Å². The minimum atomic E-state index is -0.949. The zero-order valence-corrected chi connectivity index (χ0v) is 15.2. The van der Waals surface area contributed by atoms with E-state index in [1.807, 2.05) is 6.07 Å². The highest BCUT2D eigenvalue weighted by Gasteiger charge is 2.23. The number of nitrogens with one attached hydrogen (secondary N) is 1. The van der Waals surface area contributed by atoms with Crippen LogP contribution in [0.5, 0.6) is 5.75 Å². The molecular weight excluding hydrogens is 370 g/mol. The van der Waals surface area contributed by atoms with E-state index in [4.69, 9.17) is 32.4 Å². The zero-order valence-electron chi connectivity index (χ0n) is 13.7. The number of hydrogen-bond acceptors (Lipinski definition) is 5. The topological polar surface area (TPSA) is 64.6 Å². The number of nitrogens with zero attached hydrogens (tertiary/aromatic N) is 3. The van der Waals surface area contributed by atoms with Crippen molar-refractivity contribution >= 4 is 34.5 Å². The first kappa shape index (κ1) is 17.8. The second kappa shape index (κ2) is 7.49. The summed E-state index contributed by atoms with van der Waals surface area (Å²) in [6.45, 7) is 1.90. The lowest BCUT2D eigenvalue weighted by molar-refractivity contribution is 0.339. The van der Waals surface area contributed by atoms with Crippen molar-refractivity contribution in [2.24, 2.45) is 0 Å². The van der Waals surface area contributed by atoms with Gasteiger partial charge in [-0.3, -0.25) is 0 Å². The molecule has 0 aliphatic carbocycles. The summed E-state index contributed by atoms with van der Waals surface area (Å²) in [5, 5.41) is 7.65. The molecule has 3 aromatic rings. The molecule has 25 heavy (non-hydrogen) atoms. The summed E-state index contributed by atoms with van der Waals surface area (Å²) in [5.41, 5.74) is 1.22. The number of furan rings is 1. The van der Waals surface area contributed by atoms with Crippen LogP contribution >= 0.6 is 23.2 Å². The van der Waals surface area contributed by atoms with E-state index in [1.54, 1.807) is 12.3 Å². The molecule has 3 rings (SSSR count). The lowest BCUT2D eigenvalue weighted by atomic mass is 10.1. The molecule has 3 aromatic heterocycles. The number of ether oxygens (including phenoxy) is 1. The van der Waals surface area contributed by atoms with Gasteiger partial charge in [0.1, 0.15) is 10.9 Å². The van der Waals surface area contributed by atoms with Gasteiger partial charge < -0.3 is 14.5 Å². The van der Waals surface area contributed by atoms with E-state index in [0.29, 0.717) is 47.2 Å². The number of aromatic nitrogens is 3. The molecule has 0 spiro atoms. The molecule has 0 aliphatic heterocycles. The van der Waals surface area contributed by atoms with Gasteiger partial charge in [0.15, 0.2) is 17.1 Å². The van der Waals surface area contributed by atoms with Crippen molar-refractivity contribution in [1.82, 2.24) is 14.6 Å². The van der Waals surface area contributed by atoms with E-state index in [1.165, 1.54) is 18.5 Å². The minimum Gasteiger partial charge on any atom is -0.494 e. The standard InChI is InChI=1S/C16H17Cl2FN4O2/c1-9(19)5-6-11-13(24-2)12-15(20-8-10-4-3-7-25-10)21-16(18)22-23(12)14(11)17/h3-4,7,9H,5-6,8H2,1-2H3,(H,20,21,22). The van der Waals surface area contributed by atoms with Gasteiger partial charge in [-0.1, -0.05) is 11.6 Å². The number of fused-ring (bicyclic) bond motifs is 1. The van der Waals surface area contributed by atoms with Crippen LogP contribution in [-0.2, 0) is 13.0 Å². The molecule has 1 unspecified atom stereocenters. The molecule has 0 fully saturated rings. The molecule has 3 heterocycles. The summed E-state index contributed by atoms with van der Waals surface area (Å²) in [6.07, 6.45) is 1.38. The van der Waals surface area contributed by atoms with Gasteiger partial charge in [0.2, 0.25) is 5.28 Å². The van der Waals surface area contributed by atoms with Gasteiger partial charge in [0, 0.05) is 5.56 Å². The third-order valence-electron chi connectivity index (χ3n) is 3.75. The average Bonchev–Trinajstić information content (AvgIpc) is 3.17. The first-order chi connectivity index (χ1) is 12.0. The number of hydrogen-bond donors (Lipinski definition) is 1. The minimum absolute atomic E-state index is 0.0272. The van der Waals surface area contributed by atoms with Crippen LogP contribution in [0.3, 0.4) is 0 Å². The lowest BCUT2D eigenvalue weighted by Crippen LogP contribution is -2.05. The number of anilines is 1. The van der Waals surface area contributed by atoms with E-state index in [0.717, 1.165) is 5.76 Å². The number of alkyl halides is 1.